The molecule has 0 aliphatic rings. The molecule has 3 nitrogen and oxygen atoms in total. The fraction of sp³-hybridized carbons (Fsp3) is 0.133. The number of aromatic carboxylic acids is 1. The maximum Gasteiger partial charge on any atom is 1.00 e. The van der Waals surface area contributed by atoms with Crippen LogP contribution in [-0.4, -0.2) is 16.6 Å². The predicted octanol–water partition coefficient (Wildman–Crippen LogP) is 1.21. The van der Waals surface area contributed by atoms with Crippen LogP contribution in [0.3, 0.4) is 0 Å². The van der Waals surface area contributed by atoms with Crippen molar-refractivity contribution in [3.05, 3.63) is 59.2 Å². The Morgan fingerprint density at radius 3 is 2.14 bits per heavy atom. The third kappa shape index (κ3) is 4.33. The maximum absolute atomic E-state index is 13.1. The minimum Gasteiger partial charge on any atom is -0.870 e. The van der Waals surface area contributed by atoms with Crippen molar-refractivity contribution >= 4 is 5.97 Å². The van der Waals surface area contributed by atoms with Crippen molar-refractivity contribution in [2.24, 2.45) is 0 Å². The minimum atomic E-state index is -4.61. The van der Waals surface area contributed by atoms with Gasteiger partial charge in [-0.05, 0) is 35.7 Å². The third-order valence-electron chi connectivity index (χ3n) is 3.01. The van der Waals surface area contributed by atoms with E-state index in [1.54, 1.807) is 31.2 Å². The zero-order chi connectivity index (χ0) is 14.9. The van der Waals surface area contributed by atoms with Crippen molar-refractivity contribution < 1.29 is 58.1 Å². The van der Waals surface area contributed by atoms with Crippen LogP contribution in [0, 0.1) is 6.92 Å². The first-order chi connectivity index (χ1) is 9.30. The Bertz CT molecular complexity index is 669. The van der Waals surface area contributed by atoms with Crippen LogP contribution in [0.2, 0.25) is 0 Å². The SMILES string of the molecule is Cc1ccccc1-c1ccc(C(=O)O)cc1C(F)(F)F.[Na+].[OH-]. The Hall–Kier alpha value is -1.34. The molecule has 0 heterocycles. The van der Waals surface area contributed by atoms with E-state index in [0.29, 0.717) is 17.2 Å². The van der Waals surface area contributed by atoms with E-state index in [1.807, 2.05) is 0 Å². The van der Waals surface area contributed by atoms with Gasteiger partial charge >= 0.3 is 41.7 Å². The van der Waals surface area contributed by atoms with Gasteiger partial charge in [0.25, 0.3) is 0 Å². The second-order valence-corrected chi connectivity index (χ2v) is 4.38. The quantitative estimate of drug-likeness (QED) is 0.846. The molecule has 112 valence electrons. The molecule has 0 amide bonds. The summed E-state index contributed by atoms with van der Waals surface area (Å²) in [6, 6.07) is 9.73. The number of hydrogen-bond acceptors (Lipinski definition) is 2. The molecule has 0 bridgehead atoms. The van der Waals surface area contributed by atoms with Crippen LogP contribution in [-0.2, 0) is 6.18 Å². The summed E-state index contributed by atoms with van der Waals surface area (Å²) >= 11 is 0. The molecule has 0 saturated carbocycles. The molecule has 0 unspecified atom stereocenters. The summed E-state index contributed by atoms with van der Waals surface area (Å²) in [6.07, 6.45) is -4.61. The van der Waals surface area contributed by atoms with Crippen LogP contribution >= 0.6 is 0 Å². The normalized spacial score (nSPS) is 10.4. The van der Waals surface area contributed by atoms with Crippen LogP contribution in [0.5, 0.6) is 0 Å². The van der Waals surface area contributed by atoms with Gasteiger partial charge in [0.2, 0.25) is 0 Å². The van der Waals surface area contributed by atoms with Gasteiger partial charge < -0.3 is 10.6 Å². The van der Waals surface area contributed by atoms with Crippen LogP contribution in [0.1, 0.15) is 21.5 Å². The van der Waals surface area contributed by atoms with Gasteiger partial charge in [-0.25, -0.2) is 4.79 Å². The Kier molecular flexibility index (Phi) is 7.31. The van der Waals surface area contributed by atoms with Gasteiger partial charge in [0, 0.05) is 0 Å². The van der Waals surface area contributed by atoms with Gasteiger partial charge in [0.15, 0.2) is 0 Å². The number of carboxylic acid groups (broad SMARTS) is 1. The van der Waals surface area contributed by atoms with Crippen molar-refractivity contribution in [3.63, 3.8) is 0 Å². The second-order valence-electron chi connectivity index (χ2n) is 4.38. The van der Waals surface area contributed by atoms with E-state index >= 15 is 0 Å². The summed E-state index contributed by atoms with van der Waals surface area (Å²) in [5, 5.41) is 8.82. The molecule has 0 fully saturated rings. The predicted molar refractivity (Wildman–Crippen MR) is 70.5 cm³/mol. The van der Waals surface area contributed by atoms with Crippen molar-refractivity contribution in [3.8, 4) is 11.1 Å². The largest absolute Gasteiger partial charge is 1.00 e. The molecule has 0 aliphatic carbocycles. The van der Waals surface area contributed by atoms with Gasteiger partial charge in [0.1, 0.15) is 0 Å². The summed E-state index contributed by atoms with van der Waals surface area (Å²) in [5.74, 6) is -1.38. The molecule has 0 spiro atoms. The third-order valence-corrected chi connectivity index (χ3v) is 3.01. The number of benzene rings is 2. The average molecular weight is 320 g/mol. The molecule has 0 aromatic heterocycles. The van der Waals surface area contributed by atoms with E-state index in [4.69, 9.17) is 5.11 Å². The van der Waals surface area contributed by atoms with Crippen molar-refractivity contribution in [2.75, 3.05) is 0 Å². The zero-order valence-corrected chi connectivity index (χ0v) is 14.0. The molecule has 0 saturated heterocycles. The zero-order valence-electron chi connectivity index (χ0n) is 12.0. The molecule has 0 radical (unpaired) electrons. The molecule has 2 rings (SSSR count). The Balaban J connectivity index is 0.00000220. The van der Waals surface area contributed by atoms with E-state index < -0.39 is 17.7 Å². The molecule has 2 aromatic rings. The number of halogens is 3. The van der Waals surface area contributed by atoms with Gasteiger partial charge in [-0.2, -0.15) is 13.2 Å². The molecular formula is C15H12F3NaO3. The van der Waals surface area contributed by atoms with Gasteiger partial charge in [-0.15, -0.1) is 0 Å². The standard InChI is InChI=1S/C15H11F3O2.Na.H2O/c1-9-4-2-3-5-11(9)12-7-6-10(14(19)20)8-13(12)15(16,17)18;;/h2-8H,1H3,(H,19,20);;1H2/q;+1;/p-1. The second kappa shape index (κ2) is 7.78. The van der Waals surface area contributed by atoms with Crippen LogP contribution < -0.4 is 29.6 Å². The van der Waals surface area contributed by atoms with E-state index in [0.717, 1.165) is 0 Å². The van der Waals surface area contributed by atoms with Gasteiger partial charge in [-0.1, -0.05) is 30.3 Å². The summed E-state index contributed by atoms with van der Waals surface area (Å²) < 4.78 is 39.3. The molecule has 0 atom stereocenters. The minimum absolute atomic E-state index is 0. The summed E-state index contributed by atoms with van der Waals surface area (Å²) in [5.41, 5.74) is -0.195. The van der Waals surface area contributed by atoms with Gasteiger partial charge in [-0.3, -0.25) is 0 Å². The van der Waals surface area contributed by atoms with Crippen molar-refractivity contribution in [1.29, 1.82) is 0 Å². The number of rotatable bonds is 2. The molecule has 2 N–H and O–H groups in total. The van der Waals surface area contributed by atoms with Crippen LogP contribution in [0.4, 0.5) is 13.2 Å². The number of aryl methyl sites for hydroxylation is 1. The molecule has 0 aliphatic heterocycles. The molecule has 7 heteroatoms. The fourth-order valence-electron chi connectivity index (χ4n) is 2.02. The first-order valence-corrected chi connectivity index (χ1v) is 5.81. The Morgan fingerprint density at radius 2 is 1.64 bits per heavy atom. The van der Waals surface area contributed by atoms with Gasteiger partial charge in [0.05, 0.1) is 11.1 Å². The smallest absolute Gasteiger partial charge is 0.870 e. The van der Waals surface area contributed by atoms with E-state index in [9.17, 15) is 18.0 Å². The Labute approximate surface area is 147 Å². The number of hydrogen-bond donors (Lipinski definition) is 1. The Morgan fingerprint density at radius 1 is 1.05 bits per heavy atom. The molecule has 2 aromatic carbocycles. The maximum atomic E-state index is 13.1. The van der Waals surface area contributed by atoms with Crippen LogP contribution in [0.25, 0.3) is 11.1 Å². The topological polar surface area (TPSA) is 67.3 Å². The number of alkyl halides is 3. The fourth-order valence-corrected chi connectivity index (χ4v) is 2.02. The summed E-state index contributed by atoms with van der Waals surface area (Å²) in [7, 11) is 0. The number of carbonyl (C=O) groups is 1. The monoisotopic (exact) mass is 320 g/mol. The van der Waals surface area contributed by atoms with E-state index in [2.05, 4.69) is 0 Å². The summed E-state index contributed by atoms with van der Waals surface area (Å²) in [6.45, 7) is 1.71. The first kappa shape index (κ1) is 20.7. The average Bonchev–Trinajstić information content (AvgIpc) is 2.37. The first-order valence-electron chi connectivity index (χ1n) is 5.81. The molecular weight excluding hydrogens is 308 g/mol. The van der Waals surface area contributed by atoms with E-state index in [1.165, 1.54) is 12.1 Å². The molecule has 22 heavy (non-hydrogen) atoms. The summed E-state index contributed by atoms with van der Waals surface area (Å²) in [4.78, 5) is 10.8. The van der Waals surface area contributed by atoms with E-state index in [-0.39, 0.29) is 46.2 Å². The van der Waals surface area contributed by atoms with Crippen molar-refractivity contribution in [1.82, 2.24) is 0 Å². The van der Waals surface area contributed by atoms with Crippen molar-refractivity contribution in [2.45, 2.75) is 13.1 Å². The van der Waals surface area contributed by atoms with Crippen LogP contribution in [0.15, 0.2) is 42.5 Å². The number of carboxylic acids is 1.